The largest absolute Gasteiger partial charge is 0.356 e. The first-order valence-corrected chi connectivity index (χ1v) is 8.11. The van der Waals surface area contributed by atoms with Crippen LogP contribution in [0.4, 0.5) is 5.82 Å². The first-order valence-electron chi connectivity index (χ1n) is 8.11. The molecule has 1 aliphatic rings. The molecule has 2 rings (SSSR count). The third kappa shape index (κ3) is 4.44. The maximum atomic E-state index is 4.66. The van der Waals surface area contributed by atoms with Crippen LogP contribution in [0.25, 0.3) is 0 Å². The predicted molar refractivity (Wildman–Crippen MR) is 90.6 cm³/mol. The second-order valence-corrected chi connectivity index (χ2v) is 8.39. The minimum absolute atomic E-state index is 0.131. The van der Waals surface area contributed by atoms with Crippen LogP contribution >= 0.6 is 0 Å². The van der Waals surface area contributed by atoms with Crippen LogP contribution in [-0.2, 0) is 6.54 Å². The fraction of sp³-hybridized carbons (Fsp3) is 0.722. The summed E-state index contributed by atoms with van der Waals surface area (Å²) < 4.78 is 0. The Balaban J connectivity index is 2.10. The summed E-state index contributed by atoms with van der Waals surface area (Å²) in [6, 6.07) is 4.24. The van der Waals surface area contributed by atoms with Crippen molar-refractivity contribution < 1.29 is 0 Å². The van der Waals surface area contributed by atoms with Gasteiger partial charge >= 0.3 is 0 Å². The number of hydrogen-bond acceptors (Lipinski definition) is 3. The molecule has 0 bridgehead atoms. The van der Waals surface area contributed by atoms with E-state index in [0.717, 1.165) is 25.6 Å². The van der Waals surface area contributed by atoms with Gasteiger partial charge in [0.05, 0.1) is 0 Å². The van der Waals surface area contributed by atoms with Crippen LogP contribution in [0.5, 0.6) is 0 Å². The highest BCUT2D eigenvalue weighted by Crippen LogP contribution is 2.35. The van der Waals surface area contributed by atoms with Crippen molar-refractivity contribution >= 4 is 5.82 Å². The summed E-state index contributed by atoms with van der Waals surface area (Å²) in [5.41, 5.74) is 1.82. The molecule has 1 atom stereocenters. The lowest BCUT2D eigenvalue weighted by atomic mass is 9.80. The lowest BCUT2D eigenvalue weighted by Gasteiger charge is -2.28. The summed E-state index contributed by atoms with van der Waals surface area (Å²) in [6.45, 7) is 16.8. The zero-order valence-electron chi connectivity index (χ0n) is 14.5. The van der Waals surface area contributed by atoms with E-state index in [0.29, 0.717) is 5.41 Å². The lowest BCUT2D eigenvalue weighted by Crippen LogP contribution is -2.36. The molecule has 1 aromatic rings. The van der Waals surface area contributed by atoms with Crippen LogP contribution < -0.4 is 10.2 Å². The zero-order valence-corrected chi connectivity index (χ0v) is 14.5. The maximum Gasteiger partial charge on any atom is 0.133 e. The standard InChI is InChI=1S/C18H31N3/c1-17(2,3)15-9-11-21(13-15)16-14(8-7-10-19-16)12-20-18(4,5)6/h7-8,10,15,20H,9,11-13H2,1-6H3. The molecule has 0 radical (unpaired) electrons. The fourth-order valence-electron chi connectivity index (χ4n) is 2.87. The van der Waals surface area contributed by atoms with E-state index in [1.54, 1.807) is 0 Å². The molecule has 0 spiro atoms. The lowest BCUT2D eigenvalue weighted by molar-refractivity contribution is 0.263. The summed E-state index contributed by atoms with van der Waals surface area (Å²) in [5.74, 6) is 1.92. The van der Waals surface area contributed by atoms with Crippen molar-refractivity contribution in [3.63, 3.8) is 0 Å². The number of anilines is 1. The SMILES string of the molecule is CC(C)(C)NCc1cccnc1N1CCC(C(C)(C)C)C1. The van der Waals surface area contributed by atoms with E-state index < -0.39 is 0 Å². The van der Waals surface area contributed by atoms with E-state index in [2.05, 4.69) is 62.8 Å². The quantitative estimate of drug-likeness (QED) is 0.916. The molecule has 1 fully saturated rings. The number of aromatic nitrogens is 1. The monoisotopic (exact) mass is 289 g/mol. The number of nitrogens with zero attached hydrogens (tertiary/aromatic N) is 2. The van der Waals surface area contributed by atoms with Crippen LogP contribution in [0, 0.1) is 11.3 Å². The van der Waals surface area contributed by atoms with Crippen LogP contribution in [0.2, 0.25) is 0 Å². The van der Waals surface area contributed by atoms with Crippen molar-refractivity contribution in [2.24, 2.45) is 11.3 Å². The van der Waals surface area contributed by atoms with Crippen molar-refractivity contribution in [3.05, 3.63) is 23.9 Å². The molecule has 2 heterocycles. The minimum Gasteiger partial charge on any atom is -0.356 e. The molecule has 1 unspecified atom stereocenters. The van der Waals surface area contributed by atoms with Crippen LogP contribution in [0.1, 0.15) is 53.5 Å². The van der Waals surface area contributed by atoms with E-state index in [9.17, 15) is 0 Å². The summed E-state index contributed by atoms with van der Waals surface area (Å²) in [7, 11) is 0. The van der Waals surface area contributed by atoms with Gasteiger partial charge in [0.2, 0.25) is 0 Å². The Morgan fingerprint density at radius 3 is 2.52 bits per heavy atom. The maximum absolute atomic E-state index is 4.66. The van der Waals surface area contributed by atoms with Gasteiger partial charge in [-0.1, -0.05) is 26.8 Å². The predicted octanol–water partition coefficient (Wildman–Crippen LogP) is 3.84. The summed E-state index contributed by atoms with van der Waals surface area (Å²) >= 11 is 0. The second-order valence-electron chi connectivity index (χ2n) is 8.39. The van der Waals surface area contributed by atoms with Gasteiger partial charge in [-0.05, 0) is 44.6 Å². The Labute approximate surface area is 130 Å². The Morgan fingerprint density at radius 2 is 1.95 bits per heavy atom. The van der Waals surface area contributed by atoms with E-state index in [1.807, 2.05) is 12.3 Å². The topological polar surface area (TPSA) is 28.2 Å². The van der Waals surface area contributed by atoms with Gasteiger partial charge in [0, 0.05) is 36.9 Å². The Hall–Kier alpha value is -1.09. The van der Waals surface area contributed by atoms with E-state index in [4.69, 9.17) is 0 Å². The highest BCUT2D eigenvalue weighted by atomic mass is 15.2. The number of rotatable bonds is 3. The highest BCUT2D eigenvalue weighted by molar-refractivity contribution is 5.47. The number of nitrogens with one attached hydrogen (secondary N) is 1. The molecule has 0 saturated carbocycles. The van der Waals surface area contributed by atoms with Gasteiger partial charge in [0.1, 0.15) is 5.82 Å². The highest BCUT2D eigenvalue weighted by Gasteiger charge is 2.32. The van der Waals surface area contributed by atoms with Gasteiger partial charge in [-0.25, -0.2) is 4.98 Å². The molecular weight excluding hydrogens is 258 g/mol. The molecule has 1 aliphatic heterocycles. The molecule has 0 amide bonds. The normalized spacial score (nSPS) is 20.1. The minimum atomic E-state index is 0.131. The van der Waals surface area contributed by atoms with Crippen molar-refractivity contribution in [2.45, 2.75) is 60.0 Å². The molecule has 0 aromatic carbocycles. The second kappa shape index (κ2) is 5.96. The van der Waals surface area contributed by atoms with Crippen molar-refractivity contribution in [1.29, 1.82) is 0 Å². The van der Waals surface area contributed by atoms with Gasteiger partial charge < -0.3 is 10.2 Å². The molecule has 3 heteroatoms. The molecule has 0 aliphatic carbocycles. The summed E-state index contributed by atoms with van der Waals surface area (Å²) in [4.78, 5) is 7.13. The number of pyridine rings is 1. The van der Waals surface area contributed by atoms with E-state index in [1.165, 1.54) is 17.8 Å². The molecular formula is C18H31N3. The van der Waals surface area contributed by atoms with Gasteiger partial charge in [0.15, 0.2) is 0 Å². The average Bonchev–Trinajstić information content (AvgIpc) is 2.85. The van der Waals surface area contributed by atoms with Crippen molar-refractivity contribution in [3.8, 4) is 0 Å². The molecule has 1 N–H and O–H groups in total. The first-order chi connectivity index (χ1) is 9.67. The molecule has 3 nitrogen and oxygen atoms in total. The van der Waals surface area contributed by atoms with Crippen LogP contribution in [-0.4, -0.2) is 23.6 Å². The summed E-state index contributed by atoms with van der Waals surface area (Å²) in [5, 5.41) is 3.58. The molecule has 1 saturated heterocycles. The Kier molecular flexibility index (Phi) is 4.62. The van der Waals surface area contributed by atoms with Crippen LogP contribution in [0.15, 0.2) is 18.3 Å². The Bertz CT molecular complexity index is 468. The fourth-order valence-corrected chi connectivity index (χ4v) is 2.87. The third-order valence-electron chi connectivity index (χ3n) is 4.39. The Morgan fingerprint density at radius 1 is 1.24 bits per heavy atom. The van der Waals surface area contributed by atoms with Gasteiger partial charge in [-0.15, -0.1) is 0 Å². The van der Waals surface area contributed by atoms with Gasteiger partial charge in [-0.2, -0.15) is 0 Å². The van der Waals surface area contributed by atoms with E-state index in [-0.39, 0.29) is 5.54 Å². The summed E-state index contributed by atoms with van der Waals surface area (Å²) in [6.07, 6.45) is 3.19. The van der Waals surface area contributed by atoms with Crippen molar-refractivity contribution in [2.75, 3.05) is 18.0 Å². The molecule has 118 valence electrons. The first kappa shape index (κ1) is 16.3. The van der Waals surface area contributed by atoms with Gasteiger partial charge in [-0.3, -0.25) is 0 Å². The van der Waals surface area contributed by atoms with Crippen LogP contribution in [0.3, 0.4) is 0 Å². The van der Waals surface area contributed by atoms with E-state index >= 15 is 0 Å². The smallest absolute Gasteiger partial charge is 0.133 e. The third-order valence-corrected chi connectivity index (χ3v) is 4.39. The number of hydrogen-bond donors (Lipinski definition) is 1. The van der Waals surface area contributed by atoms with Gasteiger partial charge in [0.25, 0.3) is 0 Å². The average molecular weight is 289 g/mol. The molecule has 1 aromatic heterocycles. The van der Waals surface area contributed by atoms with Crippen molar-refractivity contribution in [1.82, 2.24) is 10.3 Å². The zero-order chi connectivity index (χ0) is 15.7. The molecule has 21 heavy (non-hydrogen) atoms.